The third kappa shape index (κ3) is 5.09. The lowest BCUT2D eigenvalue weighted by Gasteiger charge is -2.47. The van der Waals surface area contributed by atoms with Gasteiger partial charge in [-0.05, 0) is 26.0 Å². The first-order valence-electron chi connectivity index (χ1n) is 9.73. The standard InChI is InChI=1S/C20H24BF4N3O3/c1-18(2)11-30-21(31-19(18,3)4)12-8-9-15(26-10-12)28-17(29)27-14-7-5-6-13(16(14)22)20(23,24)25/h5-10,13,16H,11H2,1-4H3,(H2,26,27,28,29). The molecule has 0 aromatic carbocycles. The molecule has 2 atom stereocenters. The maximum absolute atomic E-state index is 14.2. The summed E-state index contributed by atoms with van der Waals surface area (Å²) in [5.74, 6) is -2.18. The highest BCUT2D eigenvalue weighted by molar-refractivity contribution is 6.61. The van der Waals surface area contributed by atoms with Crippen molar-refractivity contribution in [2.45, 2.75) is 45.6 Å². The van der Waals surface area contributed by atoms with E-state index in [9.17, 15) is 22.4 Å². The van der Waals surface area contributed by atoms with E-state index in [2.05, 4.69) is 15.6 Å². The van der Waals surface area contributed by atoms with Gasteiger partial charge in [-0.1, -0.05) is 32.1 Å². The van der Waals surface area contributed by atoms with Crippen LogP contribution in [-0.4, -0.2) is 42.7 Å². The number of alkyl halides is 4. The summed E-state index contributed by atoms with van der Waals surface area (Å²) in [4.78, 5) is 16.2. The normalized spacial score (nSPS) is 25.0. The van der Waals surface area contributed by atoms with Gasteiger partial charge in [-0.3, -0.25) is 5.32 Å². The molecule has 1 aromatic heterocycles. The number of nitrogens with one attached hydrogen (secondary N) is 2. The Morgan fingerprint density at radius 1 is 1.23 bits per heavy atom. The van der Waals surface area contributed by atoms with E-state index in [4.69, 9.17) is 9.31 Å². The number of pyridine rings is 1. The molecule has 3 rings (SSSR count). The predicted molar refractivity (Wildman–Crippen MR) is 108 cm³/mol. The Hall–Kier alpha value is -2.40. The van der Waals surface area contributed by atoms with Crippen LogP contribution in [-0.2, 0) is 9.31 Å². The van der Waals surface area contributed by atoms with Crippen molar-refractivity contribution in [1.82, 2.24) is 10.3 Å². The van der Waals surface area contributed by atoms with Crippen LogP contribution in [0.2, 0.25) is 0 Å². The lowest BCUT2D eigenvalue weighted by molar-refractivity contribution is -0.173. The van der Waals surface area contributed by atoms with Crippen molar-refractivity contribution >= 4 is 24.4 Å². The molecule has 0 bridgehead atoms. The van der Waals surface area contributed by atoms with Crippen molar-refractivity contribution < 1.29 is 31.7 Å². The van der Waals surface area contributed by atoms with Gasteiger partial charge >= 0.3 is 19.3 Å². The highest BCUT2D eigenvalue weighted by Gasteiger charge is 2.47. The summed E-state index contributed by atoms with van der Waals surface area (Å²) < 4.78 is 64.5. The molecule has 1 aliphatic carbocycles. The first kappa shape index (κ1) is 23.3. The van der Waals surface area contributed by atoms with Crippen LogP contribution >= 0.6 is 0 Å². The monoisotopic (exact) mass is 441 g/mol. The second-order valence-corrected chi connectivity index (χ2v) is 8.69. The Balaban J connectivity index is 1.60. The molecule has 1 fully saturated rings. The number of hydrogen-bond donors (Lipinski definition) is 2. The van der Waals surface area contributed by atoms with Crippen LogP contribution in [0.3, 0.4) is 0 Å². The number of anilines is 1. The predicted octanol–water partition coefficient (Wildman–Crippen LogP) is 3.72. The minimum absolute atomic E-state index is 0.131. The molecular weight excluding hydrogens is 417 g/mol. The summed E-state index contributed by atoms with van der Waals surface area (Å²) >= 11 is 0. The molecule has 168 valence electrons. The van der Waals surface area contributed by atoms with Crippen LogP contribution in [0.4, 0.5) is 28.2 Å². The fourth-order valence-corrected chi connectivity index (χ4v) is 3.03. The van der Waals surface area contributed by atoms with Crippen LogP contribution in [0.25, 0.3) is 0 Å². The average molecular weight is 441 g/mol. The minimum atomic E-state index is -4.75. The molecule has 31 heavy (non-hydrogen) atoms. The fraction of sp³-hybridized carbons (Fsp3) is 0.500. The van der Waals surface area contributed by atoms with Crippen molar-refractivity contribution in [3.8, 4) is 0 Å². The van der Waals surface area contributed by atoms with Crippen LogP contribution < -0.4 is 16.1 Å². The van der Waals surface area contributed by atoms with E-state index >= 15 is 0 Å². The number of rotatable bonds is 3. The zero-order chi connectivity index (χ0) is 23.0. The Morgan fingerprint density at radius 2 is 1.94 bits per heavy atom. The summed E-state index contributed by atoms with van der Waals surface area (Å²) in [7, 11) is -0.621. The minimum Gasteiger partial charge on any atom is -0.407 e. The second-order valence-electron chi connectivity index (χ2n) is 8.69. The van der Waals surface area contributed by atoms with Gasteiger partial charge < -0.3 is 14.6 Å². The summed E-state index contributed by atoms with van der Waals surface area (Å²) in [6.45, 7) is 8.53. The lowest BCUT2D eigenvalue weighted by Crippen LogP contribution is -2.58. The van der Waals surface area contributed by atoms with Gasteiger partial charge in [-0.25, -0.2) is 14.2 Å². The number of carbonyl (C=O) groups is 1. The molecule has 2 amide bonds. The number of urea groups is 1. The van der Waals surface area contributed by atoms with Gasteiger partial charge in [0.05, 0.1) is 11.3 Å². The van der Waals surface area contributed by atoms with E-state index in [0.717, 1.165) is 12.2 Å². The van der Waals surface area contributed by atoms with Gasteiger partial charge in [-0.2, -0.15) is 13.2 Å². The van der Waals surface area contributed by atoms with Gasteiger partial charge in [0.25, 0.3) is 0 Å². The Bertz CT molecular complexity index is 885. The molecular formula is C20H24BF4N3O3. The number of carbonyl (C=O) groups excluding carboxylic acids is 1. The quantitative estimate of drug-likeness (QED) is 0.554. The van der Waals surface area contributed by atoms with Crippen LogP contribution in [0.1, 0.15) is 27.7 Å². The van der Waals surface area contributed by atoms with Crippen molar-refractivity contribution in [2.24, 2.45) is 11.3 Å². The largest absolute Gasteiger partial charge is 0.495 e. The Kier molecular flexibility index (Phi) is 6.21. The SMILES string of the molecule is CC1(C)COB(c2ccc(NC(=O)NC3=CC=CC(C(F)(F)F)C3F)nc2)OC1(C)C. The third-order valence-electron chi connectivity index (χ3n) is 5.77. The zero-order valence-corrected chi connectivity index (χ0v) is 17.6. The van der Waals surface area contributed by atoms with Gasteiger partial charge in [-0.15, -0.1) is 0 Å². The van der Waals surface area contributed by atoms with E-state index < -0.39 is 42.7 Å². The van der Waals surface area contributed by atoms with E-state index in [1.165, 1.54) is 12.3 Å². The van der Waals surface area contributed by atoms with Crippen molar-refractivity contribution in [3.63, 3.8) is 0 Å². The van der Waals surface area contributed by atoms with E-state index in [0.29, 0.717) is 18.1 Å². The van der Waals surface area contributed by atoms with Gasteiger partial charge in [0, 0.05) is 23.7 Å². The number of nitrogens with zero attached hydrogens (tertiary/aromatic N) is 1. The molecule has 2 heterocycles. The molecule has 2 aliphatic rings. The van der Waals surface area contributed by atoms with Crippen LogP contribution in [0.15, 0.2) is 42.3 Å². The first-order valence-corrected chi connectivity index (χ1v) is 9.73. The van der Waals surface area contributed by atoms with E-state index in [-0.39, 0.29) is 11.2 Å². The summed E-state index contributed by atoms with van der Waals surface area (Å²) in [5, 5.41) is 4.48. The molecule has 2 unspecified atom stereocenters. The molecule has 1 saturated heterocycles. The van der Waals surface area contributed by atoms with Crippen molar-refractivity contribution in [3.05, 3.63) is 42.3 Å². The highest BCUT2D eigenvalue weighted by atomic mass is 19.4. The van der Waals surface area contributed by atoms with Gasteiger partial charge in [0.1, 0.15) is 11.7 Å². The van der Waals surface area contributed by atoms with Crippen LogP contribution in [0, 0.1) is 11.3 Å². The summed E-state index contributed by atoms with van der Waals surface area (Å²) in [6.07, 6.45) is -2.83. The number of allylic oxidation sites excluding steroid dienone is 4. The third-order valence-corrected chi connectivity index (χ3v) is 5.77. The highest BCUT2D eigenvalue weighted by Crippen LogP contribution is 2.38. The molecule has 11 heteroatoms. The maximum atomic E-state index is 14.2. The van der Waals surface area contributed by atoms with E-state index in [1.807, 2.05) is 27.7 Å². The van der Waals surface area contributed by atoms with Gasteiger partial charge in [0.2, 0.25) is 0 Å². The molecule has 0 saturated carbocycles. The summed E-state index contributed by atoms with van der Waals surface area (Å²) in [6, 6.07) is 2.25. The topological polar surface area (TPSA) is 72.5 Å². The zero-order valence-electron chi connectivity index (χ0n) is 17.6. The van der Waals surface area contributed by atoms with E-state index in [1.54, 1.807) is 6.07 Å². The molecule has 0 radical (unpaired) electrons. The molecule has 2 N–H and O–H groups in total. The number of amides is 2. The fourth-order valence-electron chi connectivity index (χ4n) is 3.03. The Morgan fingerprint density at radius 3 is 2.52 bits per heavy atom. The average Bonchev–Trinajstić information content (AvgIpc) is 2.65. The second kappa shape index (κ2) is 8.27. The van der Waals surface area contributed by atoms with Gasteiger partial charge in [0.15, 0.2) is 6.17 Å². The lowest BCUT2D eigenvalue weighted by atomic mass is 9.69. The first-order chi connectivity index (χ1) is 14.3. The van der Waals surface area contributed by atoms with Crippen LogP contribution in [0.5, 0.6) is 0 Å². The summed E-state index contributed by atoms with van der Waals surface area (Å²) in [5.41, 5.74) is -0.454. The molecule has 1 aromatic rings. The number of aromatic nitrogens is 1. The molecule has 0 spiro atoms. The van der Waals surface area contributed by atoms with Crippen molar-refractivity contribution in [1.29, 1.82) is 0 Å². The number of halogens is 4. The smallest absolute Gasteiger partial charge is 0.407 e. The molecule has 6 nitrogen and oxygen atoms in total. The van der Waals surface area contributed by atoms with Crippen molar-refractivity contribution in [2.75, 3.05) is 11.9 Å². The number of hydrogen-bond acceptors (Lipinski definition) is 4. The Labute approximate surface area is 178 Å². The molecule has 1 aliphatic heterocycles. The maximum Gasteiger partial charge on any atom is 0.495 e.